The minimum Gasteiger partial charge on any atom is -0.298 e. The zero-order chi connectivity index (χ0) is 10.6. The van der Waals surface area contributed by atoms with Crippen molar-refractivity contribution >= 4 is 10.0 Å². The van der Waals surface area contributed by atoms with Gasteiger partial charge in [-0.3, -0.25) is 9.88 Å². The predicted molar refractivity (Wildman–Crippen MR) is 65.7 cm³/mol. The quantitative estimate of drug-likeness (QED) is 0.669. The van der Waals surface area contributed by atoms with Crippen LogP contribution in [-0.4, -0.2) is 41.2 Å². The Balaban J connectivity index is 2.19. The number of aromatic nitrogens is 1. The van der Waals surface area contributed by atoms with E-state index in [2.05, 4.69) is 41.7 Å². The number of likely N-dealkylation sites (tertiary alicyclic amines) is 1. The standard InChI is InChI=1S/C12H18N2S/c1-14-7-5-11-12(14)9-8-13-6-4-10(9)15(11,2)3/h4,6,8,11-12H,5,7H2,1-3H3. The summed E-state index contributed by atoms with van der Waals surface area (Å²) in [6, 6.07) is 2.90. The fourth-order valence-corrected chi connectivity index (χ4v) is 6.44. The van der Waals surface area contributed by atoms with Gasteiger partial charge in [0.15, 0.2) is 0 Å². The van der Waals surface area contributed by atoms with Gasteiger partial charge < -0.3 is 0 Å². The highest BCUT2D eigenvalue weighted by Gasteiger charge is 2.47. The summed E-state index contributed by atoms with van der Waals surface area (Å²) >= 11 is 0. The van der Waals surface area contributed by atoms with Crippen molar-refractivity contribution in [2.45, 2.75) is 22.6 Å². The molecule has 1 saturated heterocycles. The Morgan fingerprint density at radius 2 is 2.27 bits per heavy atom. The van der Waals surface area contributed by atoms with E-state index in [0.717, 1.165) is 5.25 Å². The molecule has 2 atom stereocenters. The molecule has 3 heteroatoms. The van der Waals surface area contributed by atoms with Gasteiger partial charge in [-0.05, 0) is 43.5 Å². The van der Waals surface area contributed by atoms with Gasteiger partial charge in [0.05, 0.1) is 0 Å². The van der Waals surface area contributed by atoms with E-state index >= 15 is 0 Å². The van der Waals surface area contributed by atoms with Crippen molar-refractivity contribution in [1.29, 1.82) is 0 Å². The maximum Gasteiger partial charge on any atom is 0.0478 e. The summed E-state index contributed by atoms with van der Waals surface area (Å²) in [5, 5.41) is 0.863. The van der Waals surface area contributed by atoms with E-state index in [9.17, 15) is 0 Å². The summed E-state index contributed by atoms with van der Waals surface area (Å²) in [5.74, 6) is 0. The van der Waals surface area contributed by atoms with Crippen LogP contribution in [0.2, 0.25) is 0 Å². The zero-order valence-electron chi connectivity index (χ0n) is 9.60. The zero-order valence-corrected chi connectivity index (χ0v) is 10.4. The number of rotatable bonds is 0. The van der Waals surface area contributed by atoms with Gasteiger partial charge in [0.1, 0.15) is 0 Å². The van der Waals surface area contributed by atoms with Crippen LogP contribution in [0.25, 0.3) is 0 Å². The van der Waals surface area contributed by atoms with Crippen molar-refractivity contribution in [3.05, 3.63) is 24.0 Å². The average molecular weight is 222 g/mol. The minimum atomic E-state index is -0.598. The smallest absolute Gasteiger partial charge is 0.0478 e. The van der Waals surface area contributed by atoms with E-state index in [1.165, 1.54) is 18.5 Å². The summed E-state index contributed by atoms with van der Waals surface area (Å²) in [6.45, 7) is 1.25. The van der Waals surface area contributed by atoms with Gasteiger partial charge in [-0.15, -0.1) is 0 Å². The van der Waals surface area contributed by atoms with E-state index in [-0.39, 0.29) is 0 Å². The van der Waals surface area contributed by atoms with Crippen molar-refractivity contribution in [3.8, 4) is 0 Å². The third-order valence-electron chi connectivity index (χ3n) is 4.05. The maximum absolute atomic E-state index is 4.30. The SMILES string of the molecule is CN1CCC2C1c1cnccc1S2(C)C. The van der Waals surface area contributed by atoms with Gasteiger partial charge in [0.2, 0.25) is 0 Å². The van der Waals surface area contributed by atoms with Crippen molar-refractivity contribution < 1.29 is 0 Å². The second-order valence-corrected chi connectivity index (χ2v) is 8.93. The van der Waals surface area contributed by atoms with Crippen molar-refractivity contribution in [1.82, 2.24) is 9.88 Å². The number of hydrogen-bond donors (Lipinski definition) is 0. The first kappa shape index (κ1) is 9.67. The van der Waals surface area contributed by atoms with Gasteiger partial charge in [-0.25, -0.2) is 10.0 Å². The first-order valence-electron chi connectivity index (χ1n) is 5.49. The maximum atomic E-state index is 4.30. The van der Waals surface area contributed by atoms with Gasteiger partial charge in [-0.1, -0.05) is 0 Å². The molecule has 82 valence electrons. The fraction of sp³-hybridized carbons (Fsp3) is 0.583. The lowest BCUT2D eigenvalue weighted by Gasteiger charge is -2.33. The van der Waals surface area contributed by atoms with E-state index in [0.29, 0.717) is 6.04 Å². The minimum absolute atomic E-state index is 0.598. The third kappa shape index (κ3) is 1.14. The molecule has 0 amide bonds. The molecular weight excluding hydrogens is 204 g/mol. The first-order valence-corrected chi connectivity index (χ1v) is 8.00. The van der Waals surface area contributed by atoms with Gasteiger partial charge in [-0.2, -0.15) is 0 Å². The molecule has 3 heterocycles. The summed E-state index contributed by atoms with van der Waals surface area (Å²) < 4.78 is 0. The lowest BCUT2D eigenvalue weighted by molar-refractivity contribution is 0.320. The number of hydrogen-bond acceptors (Lipinski definition) is 2. The molecule has 2 aliphatic heterocycles. The van der Waals surface area contributed by atoms with E-state index in [1.54, 1.807) is 4.90 Å². The Bertz CT molecular complexity index is 402. The van der Waals surface area contributed by atoms with Crippen LogP contribution < -0.4 is 0 Å². The summed E-state index contributed by atoms with van der Waals surface area (Å²) in [7, 11) is 1.65. The molecule has 0 aliphatic carbocycles. The monoisotopic (exact) mass is 222 g/mol. The highest BCUT2D eigenvalue weighted by Crippen LogP contribution is 2.68. The molecular formula is C12H18N2S. The van der Waals surface area contributed by atoms with Crippen LogP contribution in [0.4, 0.5) is 0 Å². The van der Waals surface area contributed by atoms with Crippen LogP contribution in [0.1, 0.15) is 18.0 Å². The second-order valence-electron chi connectivity index (χ2n) is 5.07. The molecule has 0 saturated carbocycles. The van der Waals surface area contributed by atoms with E-state index in [4.69, 9.17) is 0 Å². The summed E-state index contributed by atoms with van der Waals surface area (Å²) in [6.07, 6.45) is 10.3. The second kappa shape index (κ2) is 2.98. The molecule has 0 aromatic carbocycles. The molecule has 0 radical (unpaired) electrons. The van der Waals surface area contributed by atoms with Gasteiger partial charge in [0.25, 0.3) is 0 Å². The molecule has 1 fully saturated rings. The van der Waals surface area contributed by atoms with E-state index < -0.39 is 10.0 Å². The lowest BCUT2D eigenvalue weighted by atomic mass is 10.1. The van der Waals surface area contributed by atoms with Crippen LogP contribution in [-0.2, 0) is 0 Å². The Morgan fingerprint density at radius 3 is 3.07 bits per heavy atom. The molecule has 2 unspecified atom stereocenters. The Morgan fingerprint density at radius 1 is 1.47 bits per heavy atom. The topological polar surface area (TPSA) is 16.1 Å². The Kier molecular flexibility index (Phi) is 1.92. The van der Waals surface area contributed by atoms with Crippen LogP contribution in [0.3, 0.4) is 0 Å². The average Bonchev–Trinajstić information content (AvgIpc) is 2.69. The fourth-order valence-electron chi connectivity index (χ4n) is 3.22. The number of nitrogens with zero attached hydrogens (tertiary/aromatic N) is 2. The summed E-state index contributed by atoms with van der Waals surface area (Å²) in [5.41, 5.74) is 1.50. The molecule has 0 spiro atoms. The first-order chi connectivity index (χ1) is 7.12. The molecule has 15 heavy (non-hydrogen) atoms. The molecule has 1 aromatic rings. The largest absolute Gasteiger partial charge is 0.298 e. The lowest BCUT2D eigenvalue weighted by Crippen LogP contribution is -2.21. The molecule has 0 bridgehead atoms. The van der Waals surface area contributed by atoms with Crippen LogP contribution in [0.15, 0.2) is 23.4 Å². The van der Waals surface area contributed by atoms with Crippen LogP contribution in [0, 0.1) is 0 Å². The predicted octanol–water partition coefficient (Wildman–Crippen LogP) is 2.26. The highest BCUT2D eigenvalue weighted by atomic mass is 32.3. The Hall–Kier alpha value is -0.540. The van der Waals surface area contributed by atoms with Gasteiger partial charge >= 0.3 is 0 Å². The number of fused-ring (bicyclic) bond motifs is 3. The van der Waals surface area contributed by atoms with Crippen LogP contribution >= 0.6 is 10.0 Å². The van der Waals surface area contributed by atoms with Crippen molar-refractivity contribution in [2.24, 2.45) is 0 Å². The summed E-state index contributed by atoms with van der Waals surface area (Å²) in [4.78, 5) is 8.41. The molecule has 3 rings (SSSR count). The highest BCUT2D eigenvalue weighted by molar-refractivity contribution is 8.33. The van der Waals surface area contributed by atoms with Crippen LogP contribution in [0.5, 0.6) is 0 Å². The van der Waals surface area contributed by atoms with Crippen molar-refractivity contribution in [2.75, 3.05) is 26.1 Å². The normalized spacial score (nSPS) is 34.9. The van der Waals surface area contributed by atoms with E-state index in [1.807, 2.05) is 6.20 Å². The molecule has 2 nitrogen and oxygen atoms in total. The van der Waals surface area contributed by atoms with Crippen molar-refractivity contribution in [3.63, 3.8) is 0 Å². The Labute approximate surface area is 93.0 Å². The third-order valence-corrected chi connectivity index (χ3v) is 7.56. The molecule has 2 aliphatic rings. The number of pyridine rings is 1. The molecule has 0 N–H and O–H groups in total. The molecule has 1 aromatic heterocycles. The van der Waals surface area contributed by atoms with Gasteiger partial charge in [0, 0.05) is 29.2 Å².